The normalized spacial score (nSPS) is 33.7. The van der Waals surface area contributed by atoms with Gasteiger partial charge in [-0.25, -0.2) is 0 Å². The molecule has 2 aliphatic rings. The van der Waals surface area contributed by atoms with Gasteiger partial charge in [-0.3, -0.25) is 4.18 Å². The van der Waals surface area contributed by atoms with E-state index in [-0.39, 0.29) is 19.6 Å². The van der Waals surface area contributed by atoms with Crippen molar-refractivity contribution in [2.45, 2.75) is 36.8 Å². The summed E-state index contributed by atoms with van der Waals surface area (Å²) in [7, 11) is -2.46. The van der Waals surface area contributed by atoms with Gasteiger partial charge in [0.2, 0.25) is 0 Å². The van der Waals surface area contributed by atoms with Crippen LogP contribution in [-0.2, 0) is 33.2 Å². The van der Waals surface area contributed by atoms with Gasteiger partial charge in [0.05, 0.1) is 19.4 Å². The minimum Gasteiger partial charge on any atom is -0.356 e. The van der Waals surface area contributed by atoms with Crippen LogP contribution in [-0.4, -0.2) is 59.0 Å². The largest absolute Gasteiger partial charge is 0.356 e. The Morgan fingerprint density at radius 3 is 2.70 bits per heavy atom. The first-order valence-corrected chi connectivity index (χ1v) is 10.1. The Morgan fingerprint density at radius 2 is 2.07 bits per heavy atom. The summed E-state index contributed by atoms with van der Waals surface area (Å²) in [5, 5.41) is 3.57. The van der Waals surface area contributed by atoms with Gasteiger partial charge in [-0.1, -0.05) is 35.4 Å². The van der Waals surface area contributed by atoms with E-state index in [4.69, 9.17) is 28.7 Å². The van der Waals surface area contributed by atoms with Gasteiger partial charge in [-0.2, -0.15) is 8.42 Å². The molecular formula is C16H21N3O7S. The summed E-state index contributed by atoms with van der Waals surface area (Å²) in [5.41, 5.74) is 8.08. The van der Waals surface area contributed by atoms with E-state index in [1.807, 2.05) is 30.3 Å². The lowest BCUT2D eigenvalue weighted by molar-refractivity contribution is -0.350. The average Bonchev–Trinajstić information content (AvgIpc) is 2.65. The zero-order valence-corrected chi connectivity index (χ0v) is 15.7. The fourth-order valence-electron chi connectivity index (χ4n) is 3.38. The minimum absolute atomic E-state index is 0.0122. The predicted octanol–water partition coefficient (Wildman–Crippen LogP) is 1.89. The van der Waals surface area contributed by atoms with Gasteiger partial charge >= 0.3 is 0 Å². The van der Waals surface area contributed by atoms with Crippen LogP contribution in [0.1, 0.15) is 18.3 Å². The summed E-state index contributed by atoms with van der Waals surface area (Å²) in [6.45, 7) is -0.127. The second-order valence-electron chi connectivity index (χ2n) is 6.42. The third-order valence-corrected chi connectivity index (χ3v) is 5.07. The van der Waals surface area contributed by atoms with E-state index in [0.717, 1.165) is 11.8 Å². The Kier molecular flexibility index (Phi) is 6.02. The van der Waals surface area contributed by atoms with E-state index in [9.17, 15) is 8.42 Å². The van der Waals surface area contributed by atoms with Crippen molar-refractivity contribution >= 4 is 10.1 Å². The number of benzene rings is 1. The molecule has 2 heterocycles. The fraction of sp³-hybridized carbons (Fsp3) is 0.625. The maximum Gasteiger partial charge on any atom is 0.265 e. The van der Waals surface area contributed by atoms with E-state index >= 15 is 0 Å². The van der Waals surface area contributed by atoms with Gasteiger partial charge in [0.25, 0.3) is 10.1 Å². The lowest BCUT2D eigenvalue weighted by Gasteiger charge is -2.50. The lowest BCUT2D eigenvalue weighted by atomic mass is 9.85. The molecule has 0 amide bonds. The molecule has 0 aliphatic carbocycles. The lowest BCUT2D eigenvalue weighted by Crippen LogP contribution is -2.65. The SMILES string of the molecule is CO[C@@H]1C[C@@](CN=[N+]=[N-])(OS(C)(=O)=O)[C@@H]2O[C@H](c3ccccc3)OC[C@H]2O1. The van der Waals surface area contributed by atoms with Crippen molar-refractivity contribution in [3.05, 3.63) is 46.3 Å². The number of nitrogens with zero attached hydrogens (tertiary/aromatic N) is 3. The summed E-state index contributed by atoms with van der Waals surface area (Å²) in [6, 6.07) is 9.21. The molecule has 1 aromatic rings. The number of ether oxygens (including phenoxy) is 4. The molecule has 10 nitrogen and oxygen atoms in total. The second kappa shape index (κ2) is 8.11. The molecule has 3 rings (SSSR count). The molecule has 2 aliphatic heterocycles. The molecule has 0 bridgehead atoms. The Morgan fingerprint density at radius 1 is 1.33 bits per heavy atom. The van der Waals surface area contributed by atoms with Crippen molar-refractivity contribution in [3.8, 4) is 0 Å². The van der Waals surface area contributed by atoms with Gasteiger partial charge in [0.15, 0.2) is 12.6 Å². The summed E-state index contributed by atoms with van der Waals surface area (Å²) in [5.74, 6) is 0. The van der Waals surface area contributed by atoms with Crippen LogP contribution in [0.3, 0.4) is 0 Å². The number of fused-ring (bicyclic) bond motifs is 1. The third-order valence-electron chi connectivity index (χ3n) is 4.43. The van der Waals surface area contributed by atoms with Gasteiger partial charge in [-0.05, 0) is 5.53 Å². The van der Waals surface area contributed by atoms with Crippen LogP contribution in [0.15, 0.2) is 35.4 Å². The van der Waals surface area contributed by atoms with E-state index in [0.29, 0.717) is 0 Å². The number of rotatable bonds is 6. The highest BCUT2D eigenvalue weighted by molar-refractivity contribution is 7.86. The van der Waals surface area contributed by atoms with Crippen molar-refractivity contribution in [1.82, 2.24) is 0 Å². The van der Waals surface area contributed by atoms with Crippen LogP contribution in [0.2, 0.25) is 0 Å². The van der Waals surface area contributed by atoms with Crippen LogP contribution in [0.4, 0.5) is 0 Å². The predicted molar refractivity (Wildman–Crippen MR) is 93.0 cm³/mol. The zero-order valence-electron chi connectivity index (χ0n) is 14.9. The molecule has 148 valence electrons. The van der Waals surface area contributed by atoms with Gasteiger partial charge in [0.1, 0.15) is 17.8 Å². The van der Waals surface area contributed by atoms with E-state index in [1.165, 1.54) is 7.11 Å². The van der Waals surface area contributed by atoms with Crippen LogP contribution in [0, 0.1) is 0 Å². The Hall–Kier alpha value is -1.72. The van der Waals surface area contributed by atoms with Crippen molar-refractivity contribution in [1.29, 1.82) is 0 Å². The first-order chi connectivity index (χ1) is 12.9. The molecule has 27 heavy (non-hydrogen) atoms. The van der Waals surface area contributed by atoms with Gasteiger partial charge in [0, 0.05) is 24.0 Å². The highest BCUT2D eigenvalue weighted by atomic mass is 32.2. The zero-order chi connectivity index (χ0) is 19.5. The maximum atomic E-state index is 12.0. The molecule has 5 atom stereocenters. The van der Waals surface area contributed by atoms with Crippen LogP contribution < -0.4 is 0 Å². The van der Waals surface area contributed by atoms with Crippen LogP contribution in [0.25, 0.3) is 10.4 Å². The first-order valence-electron chi connectivity index (χ1n) is 8.28. The summed E-state index contributed by atoms with van der Waals surface area (Å²) < 4.78 is 52.2. The topological polar surface area (TPSA) is 129 Å². The molecule has 2 saturated heterocycles. The van der Waals surface area contributed by atoms with E-state index in [2.05, 4.69) is 10.0 Å². The standard InChI is InChI=1S/C16H21N3O7S/c1-22-13-8-16(10-18-19-17,26-27(2,20)21)14-12(24-13)9-23-15(25-14)11-6-4-3-5-7-11/h3-7,12-15H,8-10H2,1-2H3/t12-,13+,14-,15-,16+/m1/s1. The quantitative estimate of drug-likeness (QED) is 0.309. The van der Waals surface area contributed by atoms with Gasteiger partial charge < -0.3 is 18.9 Å². The smallest absolute Gasteiger partial charge is 0.265 e. The van der Waals surface area contributed by atoms with Crippen molar-refractivity contribution in [2.75, 3.05) is 26.5 Å². The Bertz CT molecular complexity index is 799. The molecular weight excluding hydrogens is 378 g/mol. The molecule has 1 aromatic carbocycles. The highest BCUT2D eigenvalue weighted by Crippen LogP contribution is 2.42. The molecule has 0 aromatic heterocycles. The van der Waals surface area contributed by atoms with E-state index < -0.39 is 40.5 Å². The second-order valence-corrected chi connectivity index (χ2v) is 7.99. The van der Waals surface area contributed by atoms with Crippen molar-refractivity contribution in [2.24, 2.45) is 5.11 Å². The summed E-state index contributed by atoms with van der Waals surface area (Å²) >= 11 is 0. The third kappa shape index (κ3) is 4.58. The van der Waals surface area contributed by atoms with Crippen molar-refractivity contribution in [3.63, 3.8) is 0 Å². The molecule has 2 fully saturated rings. The summed E-state index contributed by atoms with van der Waals surface area (Å²) in [4.78, 5) is 2.75. The molecule has 0 radical (unpaired) electrons. The van der Waals surface area contributed by atoms with Crippen molar-refractivity contribution < 1.29 is 31.5 Å². The molecule has 0 N–H and O–H groups in total. The molecule has 11 heteroatoms. The highest BCUT2D eigenvalue weighted by Gasteiger charge is 2.56. The monoisotopic (exact) mass is 399 g/mol. The Labute approximate surface area is 157 Å². The maximum absolute atomic E-state index is 12.0. The summed E-state index contributed by atoms with van der Waals surface area (Å²) in [6.07, 6.45) is -2.04. The number of azide groups is 1. The first kappa shape index (κ1) is 20.0. The van der Waals surface area contributed by atoms with E-state index in [1.54, 1.807) is 0 Å². The van der Waals surface area contributed by atoms with Crippen LogP contribution >= 0.6 is 0 Å². The van der Waals surface area contributed by atoms with Crippen LogP contribution in [0.5, 0.6) is 0 Å². The number of hydrogen-bond donors (Lipinski definition) is 0. The minimum atomic E-state index is -3.89. The fourth-order valence-corrected chi connectivity index (χ4v) is 4.20. The molecule has 0 spiro atoms. The number of hydrogen-bond acceptors (Lipinski definition) is 8. The molecule has 0 unspecified atom stereocenters. The number of methoxy groups -OCH3 is 1. The molecule has 0 saturated carbocycles. The average molecular weight is 399 g/mol. The van der Waals surface area contributed by atoms with Gasteiger partial charge in [-0.15, -0.1) is 0 Å². The Balaban J connectivity index is 1.97.